The van der Waals surface area contributed by atoms with Crippen LogP contribution in [0, 0.1) is 5.82 Å². The fourth-order valence-electron chi connectivity index (χ4n) is 5.88. The summed E-state index contributed by atoms with van der Waals surface area (Å²) in [5.41, 5.74) is 14.6. The molecule has 1 aliphatic rings. The summed E-state index contributed by atoms with van der Waals surface area (Å²) in [6.07, 6.45) is 9.66. The van der Waals surface area contributed by atoms with Crippen LogP contribution in [0.5, 0.6) is 0 Å². The number of pyridine rings is 2. The molecular formula is C32H30FN7. The highest BCUT2D eigenvalue weighted by atomic mass is 19.1. The summed E-state index contributed by atoms with van der Waals surface area (Å²) in [5.74, 6) is -0.198. The lowest BCUT2D eigenvalue weighted by Crippen LogP contribution is -2.20. The molecule has 0 atom stereocenters. The summed E-state index contributed by atoms with van der Waals surface area (Å²) >= 11 is 0. The van der Waals surface area contributed by atoms with Crippen LogP contribution in [0.15, 0.2) is 73.2 Å². The zero-order valence-electron chi connectivity index (χ0n) is 22.1. The number of aryl methyl sites for hydroxylation is 1. The van der Waals surface area contributed by atoms with E-state index in [1.54, 1.807) is 30.7 Å². The number of benzene rings is 2. The van der Waals surface area contributed by atoms with E-state index in [4.69, 9.17) is 5.73 Å². The molecule has 4 N–H and O–H groups in total. The predicted octanol–water partition coefficient (Wildman–Crippen LogP) is 6.58. The Balaban J connectivity index is 1.23. The molecule has 1 fully saturated rings. The maximum Gasteiger partial charge on any atom is 0.181 e. The van der Waals surface area contributed by atoms with Gasteiger partial charge in [-0.2, -0.15) is 5.10 Å². The second-order valence-corrected chi connectivity index (χ2v) is 10.7. The van der Waals surface area contributed by atoms with Crippen molar-refractivity contribution in [3.05, 3.63) is 84.6 Å². The average Bonchev–Trinajstić information content (AvgIpc) is 3.72. The number of hydrogen-bond acceptors (Lipinski definition) is 5. The Morgan fingerprint density at radius 1 is 0.900 bits per heavy atom. The molecule has 7 nitrogen and oxygen atoms in total. The van der Waals surface area contributed by atoms with Crippen LogP contribution in [0.3, 0.4) is 0 Å². The van der Waals surface area contributed by atoms with Gasteiger partial charge in [0.15, 0.2) is 5.65 Å². The van der Waals surface area contributed by atoms with E-state index in [1.807, 2.05) is 24.3 Å². The van der Waals surface area contributed by atoms with Crippen LogP contribution in [0.1, 0.15) is 24.8 Å². The first-order valence-electron chi connectivity index (χ1n) is 13.8. The maximum atomic E-state index is 14.8. The van der Waals surface area contributed by atoms with E-state index >= 15 is 0 Å². The van der Waals surface area contributed by atoms with Gasteiger partial charge in [-0.25, -0.2) is 9.37 Å². The van der Waals surface area contributed by atoms with Gasteiger partial charge in [0, 0.05) is 46.0 Å². The molecule has 0 unspecified atom stereocenters. The topological polar surface area (TPSA) is 99.5 Å². The third kappa shape index (κ3) is 4.71. The third-order valence-electron chi connectivity index (χ3n) is 7.84. The van der Waals surface area contributed by atoms with E-state index in [9.17, 15) is 4.39 Å². The summed E-state index contributed by atoms with van der Waals surface area (Å²) in [6, 6.07) is 17.6. The summed E-state index contributed by atoms with van der Waals surface area (Å²) in [6.45, 7) is 3.45. The number of anilines is 1. The molecule has 1 aliphatic heterocycles. The minimum Gasteiger partial charge on any atom is -0.397 e. The van der Waals surface area contributed by atoms with Crippen molar-refractivity contribution in [3.63, 3.8) is 0 Å². The lowest BCUT2D eigenvalue weighted by molar-refractivity contribution is 0.334. The minimum absolute atomic E-state index is 0.198. The first-order chi connectivity index (χ1) is 19.6. The van der Waals surface area contributed by atoms with Crippen LogP contribution in [-0.4, -0.2) is 49.7 Å². The van der Waals surface area contributed by atoms with Crippen LogP contribution in [-0.2, 0) is 6.42 Å². The van der Waals surface area contributed by atoms with E-state index in [1.165, 1.54) is 25.9 Å². The van der Waals surface area contributed by atoms with Crippen molar-refractivity contribution in [2.75, 3.05) is 25.4 Å². The van der Waals surface area contributed by atoms with E-state index in [2.05, 4.69) is 48.2 Å². The number of nitrogens with two attached hydrogens (primary N) is 1. The number of nitrogen functional groups attached to an aromatic ring is 1. The summed E-state index contributed by atoms with van der Waals surface area (Å²) in [4.78, 5) is 14.8. The number of halogens is 1. The second-order valence-electron chi connectivity index (χ2n) is 10.7. The monoisotopic (exact) mass is 531 g/mol. The van der Waals surface area contributed by atoms with Gasteiger partial charge in [0.1, 0.15) is 5.82 Å². The Hall–Kier alpha value is -4.56. The van der Waals surface area contributed by atoms with Crippen molar-refractivity contribution < 1.29 is 4.39 Å². The average molecular weight is 532 g/mol. The Morgan fingerprint density at radius 3 is 2.65 bits per heavy atom. The summed E-state index contributed by atoms with van der Waals surface area (Å²) in [7, 11) is 0. The van der Waals surface area contributed by atoms with E-state index in [0.717, 1.165) is 74.9 Å². The number of aromatic amines is 2. The van der Waals surface area contributed by atoms with Gasteiger partial charge in [-0.05, 0) is 98.4 Å². The lowest BCUT2D eigenvalue weighted by atomic mass is 9.98. The maximum absolute atomic E-state index is 14.8. The molecule has 4 aromatic heterocycles. The molecule has 8 heteroatoms. The van der Waals surface area contributed by atoms with Gasteiger partial charge in [-0.15, -0.1) is 0 Å². The lowest BCUT2D eigenvalue weighted by Gasteiger charge is -2.14. The number of H-pyrrole nitrogens is 2. The molecule has 0 saturated carbocycles. The molecule has 0 spiro atoms. The Bertz CT molecular complexity index is 1830. The van der Waals surface area contributed by atoms with Crippen molar-refractivity contribution >= 4 is 27.6 Å². The molecule has 200 valence electrons. The van der Waals surface area contributed by atoms with Crippen LogP contribution in [0.25, 0.3) is 55.6 Å². The zero-order valence-corrected chi connectivity index (χ0v) is 22.1. The van der Waals surface area contributed by atoms with Gasteiger partial charge in [-0.1, -0.05) is 18.2 Å². The minimum atomic E-state index is -0.198. The normalized spacial score (nSPS) is 14.0. The van der Waals surface area contributed by atoms with E-state index in [-0.39, 0.29) is 5.82 Å². The quantitative estimate of drug-likeness (QED) is 0.216. The van der Waals surface area contributed by atoms with Crippen LogP contribution < -0.4 is 5.73 Å². The first-order valence-corrected chi connectivity index (χ1v) is 13.8. The standard InChI is InChI=1S/C32H30FN7/c33-24-12-20(5-4-10-40-8-1-2-9-40)11-21(13-24)26-6-3-7-29-27(26)16-30(37-29)31-28-15-23(18-36-32(28)39-38-31)22-14-25(34)19-35-17-22/h3,6-7,11-19,37H,1-2,4-5,8-10,34H2,(H,36,38,39). The number of fused-ring (bicyclic) bond motifs is 2. The smallest absolute Gasteiger partial charge is 0.181 e. The van der Waals surface area contributed by atoms with Gasteiger partial charge >= 0.3 is 0 Å². The van der Waals surface area contributed by atoms with Gasteiger partial charge in [0.2, 0.25) is 0 Å². The number of likely N-dealkylation sites (tertiary alicyclic amines) is 1. The highest BCUT2D eigenvalue weighted by Crippen LogP contribution is 2.35. The third-order valence-corrected chi connectivity index (χ3v) is 7.84. The van der Waals surface area contributed by atoms with E-state index < -0.39 is 0 Å². The molecule has 0 amide bonds. The number of hydrogen-bond donors (Lipinski definition) is 3. The highest BCUT2D eigenvalue weighted by molar-refractivity contribution is 6.01. The number of aromatic nitrogens is 5. The molecule has 0 aliphatic carbocycles. The molecule has 6 aromatic rings. The fraction of sp³-hybridized carbons (Fsp3) is 0.219. The first kappa shape index (κ1) is 24.5. The molecule has 7 rings (SSSR count). The van der Waals surface area contributed by atoms with Crippen LogP contribution >= 0.6 is 0 Å². The largest absolute Gasteiger partial charge is 0.397 e. The van der Waals surface area contributed by atoms with Crippen molar-refractivity contribution in [1.29, 1.82) is 0 Å². The molecule has 2 aromatic carbocycles. The van der Waals surface area contributed by atoms with Crippen molar-refractivity contribution in [1.82, 2.24) is 30.0 Å². The van der Waals surface area contributed by atoms with Crippen molar-refractivity contribution in [3.8, 4) is 33.6 Å². The van der Waals surface area contributed by atoms with Crippen LogP contribution in [0.2, 0.25) is 0 Å². The summed E-state index contributed by atoms with van der Waals surface area (Å²) in [5, 5.41) is 9.50. The number of nitrogens with zero attached hydrogens (tertiary/aromatic N) is 4. The zero-order chi connectivity index (χ0) is 27.1. The molecule has 5 heterocycles. The SMILES string of the molecule is Nc1cncc(-c2cnc3n[nH]c(-c4cc5c(-c6cc(F)cc(CCCN7CCCC7)c6)cccc5[nH]4)c3c2)c1. The van der Waals surface area contributed by atoms with Crippen molar-refractivity contribution in [2.24, 2.45) is 0 Å². The van der Waals surface area contributed by atoms with Gasteiger partial charge < -0.3 is 15.6 Å². The molecule has 0 bridgehead atoms. The van der Waals surface area contributed by atoms with E-state index in [0.29, 0.717) is 11.3 Å². The number of nitrogens with one attached hydrogen (secondary N) is 2. The highest BCUT2D eigenvalue weighted by Gasteiger charge is 2.16. The summed E-state index contributed by atoms with van der Waals surface area (Å²) < 4.78 is 14.8. The molecule has 1 saturated heterocycles. The van der Waals surface area contributed by atoms with Gasteiger partial charge in [0.25, 0.3) is 0 Å². The Kier molecular flexibility index (Phi) is 6.24. The van der Waals surface area contributed by atoms with Crippen molar-refractivity contribution in [2.45, 2.75) is 25.7 Å². The van der Waals surface area contributed by atoms with Gasteiger partial charge in [0.05, 0.1) is 17.1 Å². The Morgan fingerprint density at radius 2 is 1.77 bits per heavy atom. The van der Waals surface area contributed by atoms with Crippen LogP contribution in [0.4, 0.5) is 10.1 Å². The molecule has 40 heavy (non-hydrogen) atoms. The predicted molar refractivity (Wildman–Crippen MR) is 158 cm³/mol. The fourth-order valence-corrected chi connectivity index (χ4v) is 5.88. The molecular weight excluding hydrogens is 501 g/mol. The second kappa shape index (κ2) is 10.2. The number of rotatable bonds is 7. The Labute approximate surface area is 231 Å². The van der Waals surface area contributed by atoms with Gasteiger partial charge in [-0.3, -0.25) is 10.1 Å². The molecule has 0 radical (unpaired) electrons.